The summed E-state index contributed by atoms with van der Waals surface area (Å²) in [7, 11) is 0. The fraction of sp³-hybridized carbons (Fsp3) is 0.600. The van der Waals surface area contributed by atoms with Crippen LogP contribution in [0.5, 0.6) is 0 Å². The third-order valence-corrected chi connectivity index (χ3v) is 4.20. The second-order valence-corrected chi connectivity index (χ2v) is 6.27. The zero-order chi connectivity index (χ0) is 12.9. The number of hydrogen-bond acceptors (Lipinski definition) is 2. The Labute approximate surface area is 110 Å². The van der Waals surface area contributed by atoms with Crippen molar-refractivity contribution in [2.24, 2.45) is 5.41 Å². The second kappa shape index (κ2) is 6.46. The zero-order valence-electron chi connectivity index (χ0n) is 11.7. The van der Waals surface area contributed by atoms with E-state index in [0.29, 0.717) is 11.5 Å². The van der Waals surface area contributed by atoms with Crippen LogP contribution in [0.3, 0.4) is 0 Å². The lowest BCUT2D eigenvalue weighted by Crippen LogP contribution is -2.30. The molecule has 0 aliphatic carbocycles. The topological polar surface area (TPSA) is 12.0 Å². The summed E-state index contributed by atoms with van der Waals surface area (Å²) < 4.78 is 0. The largest absolute Gasteiger partial charge is 0.310 e. The molecule has 1 atom stereocenters. The van der Waals surface area contributed by atoms with E-state index in [9.17, 15) is 0 Å². The lowest BCUT2D eigenvalue weighted by atomic mass is 9.90. The first-order chi connectivity index (χ1) is 7.98. The molecule has 0 saturated heterocycles. The minimum absolute atomic E-state index is 0.382. The van der Waals surface area contributed by atoms with Gasteiger partial charge in [0.25, 0.3) is 0 Å². The molecular weight excluding hydrogens is 226 g/mol. The standard InChI is InChI=1S/C15H25NS/c1-6-15(3,4)11-16-12(2)13-7-9-14(17-5)10-8-13/h7-10,12,16H,6,11H2,1-5H3. The van der Waals surface area contributed by atoms with Crippen LogP contribution in [0.2, 0.25) is 0 Å². The summed E-state index contributed by atoms with van der Waals surface area (Å²) >= 11 is 1.79. The van der Waals surface area contributed by atoms with E-state index >= 15 is 0 Å². The molecular formula is C15H25NS. The Balaban J connectivity index is 2.54. The maximum atomic E-state index is 3.62. The molecule has 17 heavy (non-hydrogen) atoms. The average Bonchev–Trinajstić information content (AvgIpc) is 2.36. The normalized spacial score (nSPS) is 13.7. The van der Waals surface area contributed by atoms with Gasteiger partial charge in [-0.05, 0) is 42.7 Å². The second-order valence-electron chi connectivity index (χ2n) is 5.39. The number of benzene rings is 1. The fourth-order valence-electron chi connectivity index (χ4n) is 1.56. The fourth-order valence-corrected chi connectivity index (χ4v) is 1.97. The van der Waals surface area contributed by atoms with Crippen molar-refractivity contribution in [1.82, 2.24) is 5.32 Å². The van der Waals surface area contributed by atoms with Crippen LogP contribution < -0.4 is 5.32 Å². The van der Waals surface area contributed by atoms with Crippen molar-refractivity contribution in [2.45, 2.75) is 45.1 Å². The number of thioether (sulfide) groups is 1. The Kier molecular flexibility index (Phi) is 5.54. The molecule has 0 aliphatic heterocycles. The van der Waals surface area contributed by atoms with Gasteiger partial charge in [-0.15, -0.1) is 11.8 Å². The molecule has 96 valence electrons. The Hall–Kier alpha value is -0.470. The maximum Gasteiger partial charge on any atom is 0.0292 e. The lowest BCUT2D eigenvalue weighted by molar-refractivity contribution is 0.314. The van der Waals surface area contributed by atoms with E-state index in [1.807, 2.05) is 0 Å². The van der Waals surface area contributed by atoms with Crippen LogP contribution in [0, 0.1) is 5.41 Å². The lowest BCUT2D eigenvalue weighted by Gasteiger charge is -2.26. The minimum Gasteiger partial charge on any atom is -0.310 e. The highest BCUT2D eigenvalue weighted by molar-refractivity contribution is 7.98. The van der Waals surface area contributed by atoms with Gasteiger partial charge in [0.05, 0.1) is 0 Å². The van der Waals surface area contributed by atoms with Gasteiger partial charge in [0.15, 0.2) is 0 Å². The van der Waals surface area contributed by atoms with Crippen LogP contribution in [0.4, 0.5) is 0 Å². The van der Waals surface area contributed by atoms with Crippen molar-refractivity contribution in [3.63, 3.8) is 0 Å². The number of hydrogen-bond donors (Lipinski definition) is 1. The highest BCUT2D eigenvalue weighted by Gasteiger charge is 2.16. The quantitative estimate of drug-likeness (QED) is 0.747. The number of nitrogens with one attached hydrogen (secondary N) is 1. The van der Waals surface area contributed by atoms with E-state index in [1.165, 1.54) is 16.9 Å². The van der Waals surface area contributed by atoms with E-state index in [0.717, 1.165) is 6.54 Å². The molecule has 0 saturated carbocycles. The van der Waals surface area contributed by atoms with Gasteiger partial charge in [0, 0.05) is 17.5 Å². The van der Waals surface area contributed by atoms with Crippen LogP contribution >= 0.6 is 11.8 Å². The third-order valence-electron chi connectivity index (χ3n) is 3.46. The first-order valence-corrected chi connectivity index (χ1v) is 7.58. The van der Waals surface area contributed by atoms with E-state index in [-0.39, 0.29) is 0 Å². The van der Waals surface area contributed by atoms with Crippen molar-refractivity contribution in [2.75, 3.05) is 12.8 Å². The van der Waals surface area contributed by atoms with E-state index in [1.54, 1.807) is 11.8 Å². The van der Waals surface area contributed by atoms with Gasteiger partial charge in [-0.25, -0.2) is 0 Å². The van der Waals surface area contributed by atoms with Crippen LogP contribution in [-0.2, 0) is 0 Å². The van der Waals surface area contributed by atoms with Gasteiger partial charge < -0.3 is 5.32 Å². The molecule has 1 nitrogen and oxygen atoms in total. The van der Waals surface area contributed by atoms with Crippen LogP contribution in [0.1, 0.15) is 45.7 Å². The molecule has 0 aliphatic rings. The molecule has 0 amide bonds. The maximum absolute atomic E-state index is 3.62. The molecule has 0 fully saturated rings. The molecule has 0 radical (unpaired) electrons. The summed E-state index contributed by atoms with van der Waals surface area (Å²) in [5.74, 6) is 0. The summed E-state index contributed by atoms with van der Waals surface area (Å²) in [5, 5.41) is 3.62. The van der Waals surface area contributed by atoms with E-state index in [2.05, 4.69) is 63.5 Å². The molecule has 0 aromatic heterocycles. The first-order valence-electron chi connectivity index (χ1n) is 6.36. The van der Waals surface area contributed by atoms with Crippen molar-refractivity contribution in [1.29, 1.82) is 0 Å². The van der Waals surface area contributed by atoms with Gasteiger partial charge >= 0.3 is 0 Å². The van der Waals surface area contributed by atoms with Crippen molar-refractivity contribution in [3.8, 4) is 0 Å². The molecule has 1 N–H and O–H groups in total. The van der Waals surface area contributed by atoms with Gasteiger partial charge in [0.1, 0.15) is 0 Å². The summed E-state index contributed by atoms with van der Waals surface area (Å²) in [4.78, 5) is 1.33. The molecule has 0 heterocycles. The predicted molar refractivity (Wildman–Crippen MR) is 78.7 cm³/mol. The molecule has 1 aromatic rings. The van der Waals surface area contributed by atoms with Crippen molar-refractivity contribution >= 4 is 11.8 Å². The SMILES string of the molecule is CCC(C)(C)CNC(C)c1ccc(SC)cc1. The first kappa shape index (κ1) is 14.6. The third kappa shape index (κ3) is 4.72. The Morgan fingerprint density at radius 1 is 1.24 bits per heavy atom. The number of rotatable bonds is 6. The van der Waals surface area contributed by atoms with E-state index in [4.69, 9.17) is 0 Å². The summed E-state index contributed by atoms with van der Waals surface area (Å²) in [6.07, 6.45) is 3.32. The van der Waals surface area contributed by atoms with Crippen LogP contribution in [0.15, 0.2) is 29.2 Å². The van der Waals surface area contributed by atoms with Gasteiger partial charge in [-0.1, -0.05) is 32.9 Å². The van der Waals surface area contributed by atoms with Crippen LogP contribution in [-0.4, -0.2) is 12.8 Å². The highest BCUT2D eigenvalue weighted by Crippen LogP contribution is 2.22. The molecule has 0 bridgehead atoms. The monoisotopic (exact) mass is 251 g/mol. The molecule has 1 aromatic carbocycles. The summed E-state index contributed by atoms with van der Waals surface area (Å²) in [5.41, 5.74) is 1.75. The Morgan fingerprint density at radius 2 is 1.82 bits per heavy atom. The summed E-state index contributed by atoms with van der Waals surface area (Å²) in [6.45, 7) is 10.2. The van der Waals surface area contributed by atoms with Gasteiger partial charge in [0.2, 0.25) is 0 Å². The summed E-state index contributed by atoms with van der Waals surface area (Å²) in [6, 6.07) is 9.27. The van der Waals surface area contributed by atoms with Gasteiger partial charge in [-0.3, -0.25) is 0 Å². The zero-order valence-corrected chi connectivity index (χ0v) is 12.5. The molecule has 2 heteroatoms. The Bertz CT molecular complexity index is 329. The molecule has 1 unspecified atom stereocenters. The minimum atomic E-state index is 0.382. The van der Waals surface area contributed by atoms with Crippen molar-refractivity contribution < 1.29 is 0 Å². The van der Waals surface area contributed by atoms with E-state index < -0.39 is 0 Å². The smallest absolute Gasteiger partial charge is 0.0292 e. The highest BCUT2D eigenvalue weighted by atomic mass is 32.2. The van der Waals surface area contributed by atoms with Crippen LogP contribution in [0.25, 0.3) is 0 Å². The molecule has 0 spiro atoms. The average molecular weight is 251 g/mol. The molecule has 1 rings (SSSR count). The predicted octanol–water partition coefficient (Wildman–Crippen LogP) is 4.50. The van der Waals surface area contributed by atoms with Gasteiger partial charge in [-0.2, -0.15) is 0 Å². The van der Waals surface area contributed by atoms with Crippen molar-refractivity contribution in [3.05, 3.63) is 29.8 Å². The Morgan fingerprint density at radius 3 is 2.29 bits per heavy atom.